The Kier molecular flexibility index (Phi) is 12.4. The van der Waals surface area contributed by atoms with Crippen molar-refractivity contribution in [1.29, 1.82) is 0 Å². The third kappa shape index (κ3) is 8.01. The summed E-state index contributed by atoms with van der Waals surface area (Å²) in [6.07, 6.45) is 2.53. The van der Waals surface area contributed by atoms with Crippen LogP contribution in [0.25, 0.3) is 0 Å². The van der Waals surface area contributed by atoms with Crippen molar-refractivity contribution < 1.29 is 33.4 Å². The zero-order valence-corrected chi connectivity index (χ0v) is 37.4. The Morgan fingerprint density at radius 2 is 1.47 bits per heavy atom. The minimum Gasteiger partial charge on any atom is -0.460 e. The van der Waals surface area contributed by atoms with E-state index >= 15 is 0 Å². The van der Waals surface area contributed by atoms with Gasteiger partial charge in [-0.05, 0) is 85.0 Å². The summed E-state index contributed by atoms with van der Waals surface area (Å²) in [6, 6.07) is 20.6. The lowest BCUT2D eigenvalue weighted by molar-refractivity contribution is -0.217. The number of carbonyl (C=O) groups excluding carboxylic acids is 3. The van der Waals surface area contributed by atoms with Gasteiger partial charge in [0.05, 0.1) is 6.10 Å². The van der Waals surface area contributed by atoms with Crippen LogP contribution in [0.3, 0.4) is 0 Å². The van der Waals surface area contributed by atoms with E-state index in [1.807, 2.05) is 57.2 Å². The Labute approximate surface area is 343 Å². The number of ether oxygens (including phenoxy) is 2. The minimum atomic E-state index is -3.01. The van der Waals surface area contributed by atoms with Crippen molar-refractivity contribution in [2.24, 2.45) is 34.0 Å². The van der Waals surface area contributed by atoms with Crippen LogP contribution >= 0.6 is 0 Å². The third-order valence-corrected chi connectivity index (χ3v) is 20.0. The molecule has 1 unspecified atom stereocenters. The van der Waals surface area contributed by atoms with Gasteiger partial charge in [-0.15, -0.1) is 0 Å². The van der Waals surface area contributed by atoms with E-state index in [0.29, 0.717) is 52.0 Å². The minimum absolute atomic E-state index is 0.127. The fraction of sp³-hybridized carbons (Fsp3) is 0.681. The molecule has 8 atom stereocenters. The molecule has 9 nitrogen and oxygen atoms in total. The Hall–Kier alpha value is -3.05. The first-order valence-electron chi connectivity index (χ1n) is 21.6. The summed E-state index contributed by atoms with van der Waals surface area (Å²) in [5.74, 6) is -0.540. The van der Waals surface area contributed by atoms with Crippen LogP contribution in [0.4, 0.5) is 4.79 Å². The Morgan fingerprint density at radius 1 is 0.895 bits per heavy atom. The highest BCUT2D eigenvalue weighted by Crippen LogP contribution is 2.68. The highest BCUT2D eigenvalue weighted by molar-refractivity contribution is 6.99. The second kappa shape index (κ2) is 16.2. The first kappa shape index (κ1) is 43.5. The number of aliphatic hydroxyl groups excluding tert-OH is 1. The molecule has 4 fully saturated rings. The second-order valence-corrected chi connectivity index (χ2v) is 24.7. The number of hydrogen-bond donors (Lipinski definition) is 1. The highest BCUT2D eigenvalue weighted by atomic mass is 28.4. The zero-order valence-electron chi connectivity index (χ0n) is 36.4. The van der Waals surface area contributed by atoms with Gasteiger partial charge < -0.3 is 23.9 Å². The number of nitrogens with zero attached hydrogens (tertiary/aromatic N) is 2. The van der Waals surface area contributed by atoms with Crippen molar-refractivity contribution in [2.45, 2.75) is 131 Å². The van der Waals surface area contributed by atoms with Crippen LogP contribution in [0.5, 0.6) is 0 Å². The van der Waals surface area contributed by atoms with E-state index in [0.717, 1.165) is 29.6 Å². The molecule has 6 rings (SSSR count). The van der Waals surface area contributed by atoms with Crippen molar-refractivity contribution in [3.63, 3.8) is 0 Å². The molecule has 1 N–H and O–H groups in total. The van der Waals surface area contributed by atoms with Gasteiger partial charge in [-0.3, -0.25) is 9.69 Å². The van der Waals surface area contributed by atoms with Crippen molar-refractivity contribution in [3.8, 4) is 0 Å². The molecule has 1 saturated heterocycles. The molecule has 0 spiro atoms. The van der Waals surface area contributed by atoms with E-state index in [1.54, 1.807) is 4.90 Å². The predicted octanol–water partition coefficient (Wildman–Crippen LogP) is 7.23. The van der Waals surface area contributed by atoms with Crippen LogP contribution in [0.15, 0.2) is 60.7 Å². The van der Waals surface area contributed by atoms with Gasteiger partial charge in [0.15, 0.2) is 0 Å². The number of ketones is 1. The maximum atomic E-state index is 14.5. The fourth-order valence-electron chi connectivity index (χ4n) is 11.6. The largest absolute Gasteiger partial charge is 0.460 e. The molecule has 3 saturated carbocycles. The summed E-state index contributed by atoms with van der Waals surface area (Å²) < 4.78 is 19.5. The molecule has 0 radical (unpaired) electrons. The number of rotatable bonds is 9. The number of carbonyl (C=O) groups is 3. The van der Waals surface area contributed by atoms with Crippen LogP contribution in [-0.2, 0) is 23.5 Å². The van der Waals surface area contributed by atoms with Crippen molar-refractivity contribution in [1.82, 2.24) is 9.80 Å². The molecule has 2 bridgehead atoms. The van der Waals surface area contributed by atoms with Crippen LogP contribution < -0.4 is 10.4 Å². The summed E-state index contributed by atoms with van der Waals surface area (Å²) in [7, 11) is -3.01. The molecule has 4 aliphatic rings. The molecule has 3 aliphatic carbocycles. The van der Waals surface area contributed by atoms with E-state index in [-0.39, 0.29) is 41.3 Å². The summed E-state index contributed by atoms with van der Waals surface area (Å²) in [6.45, 7) is 23.9. The summed E-state index contributed by atoms with van der Waals surface area (Å²) in [5.41, 5.74) is -2.18. The maximum absolute atomic E-state index is 14.5. The maximum Gasteiger partial charge on any atom is 0.410 e. The van der Waals surface area contributed by atoms with Gasteiger partial charge in [0.1, 0.15) is 24.1 Å². The summed E-state index contributed by atoms with van der Waals surface area (Å²) in [5, 5.41) is 14.7. The summed E-state index contributed by atoms with van der Waals surface area (Å²) >= 11 is 0. The smallest absolute Gasteiger partial charge is 0.410 e. The molecule has 1 amide bonds. The molecular weight excluding hydrogens is 733 g/mol. The van der Waals surface area contributed by atoms with Gasteiger partial charge in [-0.25, -0.2) is 9.59 Å². The number of amides is 1. The first-order valence-corrected chi connectivity index (χ1v) is 23.5. The SMILES string of the molecule is CC[C@@]1(C)C[C@@H](OC(=O)CO[Si](c2ccccc2)(c2ccccc2)C(C)(C)C)[C@@]2(C)C3C(=O)CC[C@@]3(CC[C@H]2C)[C@@H](CN2CCN(C(=O)OC(C)(C)C)CC2)[C@@H]1O. The normalized spacial score (nSPS) is 32.6. The standard InChI is InChI=1S/C47H70N2O7Si/c1-11-45(9)30-38(55-39(51)32-54-57(44(6,7)8,34-18-14-12-15-19-34)35-20-16-13-17-21-35)46(10)33(2)22-24-47(25-23-37(50)40(46)47)36(41(45)52)31-48-26-28-49(29-27-48)42(53)56-43(3,4)5/h12-21,33,36,38,40-41,52H,11,22-32H2,1-10H3/t33-,36+,38-,40?,41+,45+,46+,47+/m1/s1. The first-order chi connectivity index (χ1) is 26.7. The number of benzene rings is 2. The van der Waals surface area contributed by atoms with Gasteiger partial charge in [-0.1, -0.05) is 109 Å². The molecular formula is C47H70N2O7Si. The lowest BCUT2D eigenvalue weighted by atomic mass is 9.43. The monoisotopic (exact) mass is 802 g/mol. The second-order valence-electron chi connectivity index (χ2n) is 20.4. The molecule has 10 heteroatoms. The number of aliphatic hydroxyl groups is 1. The predicted molar refractivity (Wildman–Crippen MR) is 227 cm³/mol. The lowest BCUT2D eigenvalue weighted by Gasteiger charge is -2.63. The Bertz CT molecular complexity index is 1700. The average molecular weight is 803 g/mol. The number of esters is 1. The van der Waals surface area contributed by atoms with E-state index in [9.17, 15) is 19.5 Å². The van der Waals surface area contributed by atoms with Gasteiger partial charge >= 0.3 is 12.1 Å². The van der Waals surface area contributed by atoms with Gasteiger partial charge in [0.2, 0.25) is 0 Å². The zero-order chi connectivity index (χ0) is 41.6. The number of hydrogen-bond acceptors (Lipinski definition) is 8. The quantitative estimate of drug-likeness (QED) is 0.209. The topological polar surface area (TPSA) is 106 Å². The third-order valence-electron chi connectivity index (χ3n) is 15.0. The number of piperazine rings is 1. The van der Waals surface area contributed by atoms with Crippen LogP contribution in [-0.4, -0.2) is 98.2 Å². The fourth-order valence-corrected chi connectivity index (χ4v) is 16.1. The van der Waals surface area contributed by atoms with Crippen LogP contribution in [0, 0.1) is 34.0 Å². The highest BCUT2D eigenvalue weighted by Gasteiger charge is 2.69. The van der Waals surface area contributed by atoms with Crippen molar-refractivity contribution >= 4 is 36.5 Å². The lowest BCUT2D eigenvalue weighted by Crippen LogP contribution is -2.67. The molecule has 2 aromatic rings. The Morgan fingerprint density at radius 3 is 2.00 bits per heavy atom. The van der Waals surface area contributed by atoms with Crippen molar-refractivity contribution in [3.05, 3.63) is 60.7 Å². The molecule has 1 heterocycles. The summed E-state index contributed by atoms with van der Waals surface area (Å²) in [4.78, 5) is 46.0. The molecule has 57 heavy (non-hydrogen) atoms. The van der Waals surface area contributed by atoms with E-state index in [2.05, 4.69) is 77.6 Å². The van der Waals surface area contributed by atoms with E-state index in [4.69, 9.17) is 13.9 Å². The Balaban J connectivity index is 1.30. The molecule has 314 valence electrons. The van der Waals surface area contributed by atoms with Crippen molar-refractivity contribution in [2.75, 3.05) is 39.3 Å². The van der Waals surface area contributed by atoms with E-state index < -0.39 is 48.3 Å². The van der Waals surface area contributed by atoms with Crippen LogP contribution in [0.1, 0.15) is 108 Å². The molecule has 0 aromatic heterocycles. The molecule has 1 aliphatic heterocycles. The number of Topliss-reactive ketones (excluding diaryl/α,β-unsaturated/α-hetero) is 1. The van der Waals surface area contributed by atoms with Gasteiger partial charge in [0.25, 0.3) is 8.32 Å². The van der Waals surface area contributed by atoms with Gasteiger partial charge in [0, 0.05) is 56.4 Å². The van der Waals surface area contributed by atoms with Crippen LogP contribution in [0.2, 0.25) is 5.04 Å². The van der Waals surface area contributed by atoms with E-state index in [1.165, 1.54) is 0 Å². The van der Waals surface area contributed by atoms with Gasteiger partial charge in [-0.2, -0.15) is 0 Å². The molecule has 2 aromatic carbocycles. The average Bonchev–Trinajstić information content (AvgIpc) is 3.52.